The molecule has 2 aromatic carbocycles. The van der Waals surface area contributed by atoms with E-state index in [9.17, 15) is 34.8 Å². The van der Waals surface area contributed by atoms with Crippen LogP contribution in [-0.2, 0) is 19.1 Å². The molecule has 36 heavy (non-hydrogen) atoms. The Hall–Kier alpha value is -3.71. The SMILES string of the molecule is O=C(O)CC(=O)OC[C@H]1O[C@H](Oc2ccc3c(c2)OC[C@H](c2ccc(O)cc2)C3=O)[C@H](O)[C@@H](O)[C@@H]1O. The Morgan fingerprint density at radius 2 is 1.72 bits per heavy atom. The maximum absolute atomic E-state index is 13.0. The third-order valence-corrected chi connectivity index (χ3v) is 5.86. The van der Waals surface area contributed by atoms with Crippen molar-refractivity contribution >= 4 is 17.7 Å². The van der Waals surface area contributed by atoms with Crippen LogP contribution in [0.15, 0.2) is 42.5 Å². The van der Waals surface area contributed by atoms with Crippen molar-refractivity contribution in [2.75, 3.05) is 13.2 Å². The normalized spacial score (nSPS) is 27.5. The van der Waals surface area contributed by atoms with E-state index in [1.807, 2.05) is 0 Å². The fourth-order valence-electron chi connectivity index (χ4n) is 3.92. The van der Waals surface area contributed by atoms with Gasteiger partial charge in [-0.25, -0.2) is 0 Å². The Morgan fingerprint density at radius 3 is 2.42 bits per heavy atom. The Balaban J connectivity index is 1.44. The Bertz CT molecular complexity index is 1130. The largest absolute Gasteiger partial charge is 0.508 e. The molecular formula is C24H24O12. The first-order chi connectivity index (χ1) is 17.1. The van der Waals surface area contributed by atoms with Crippen molar-refractivity contribution in [3.63, 3.8) is 0 Å². The first-order valence-electron chi connectivity index (χ1n) is 11.0. The van der Waals surface area contributed by atoms with Crippen LogP contribution in [0.5, 0.6) is 17.2 Å². The molecule has 6 atom stereocenters. The van der Waals surface area contributed by atoms with Crippen LogP contribution in [0.1, 0.15) is 28.3 Å². The number of fused-ring (bicyclic) bond motifs is 1. The number of aliphatic hydroxyl groups excluding tert-OH is 3. The third kappa shape index (κ3) is 5.41. The highest BCUT2D eigenvalue weighted by atomic mass is 16.7. The van der Waals surface area contributed by atoms with Crippen LogP contribution in [0.4, 0.5) is 0 Å². The Morgan fingerprint density at radius 1 is 1.00 bits per heavy atom. The number of ether oxygens (including phenoxy) is 4. The van der Waals surface area contributed by atoms with Gasteiger partial charge in [0, 0.05) is 6.07 Å². The van der Waals surface area contributed by atoms with Gasteiger partial charge in [-0.3, -0.25) is 14.4 Å². The van der Waals surface area contributed by atoms with Gasteiger partial charge in [0.2, 0.25) is 6.29 Å². The zero-order chi connectivity index (χ0) is 26.0. The van der Waals surface area contributed by atoms with Gasteiger partial charge in [0.05, 0.1) is 11.5 Å². The van der Waals surface area contributed by atoms with Crippen molar-refractivity contribution in [3.8, 4) is 17.2 Å². The quantitative estimate of drug-likeness (QED) is 0.250. The second kappa shape index (κ2) is 10.5. The summed E-state index contributed by atoms with van der Waals surface area (Å²) in [6.45, 7) is -0.533. The van der Waals surface area contributed by atoms with E-state index in [0.29, 0.717) is 11.1 Å². The third-order valence-electron chi connectivity index (χ3n) is 5.86. The molecule has 1 fully saturated rings. The van der Waals surface area contributed by atoms with Crippen molar-refractivity contribution in [3.05, 3.63) is 53.6 Å². The van der Waals surface area contributed by atoms with Gasteiger partial charge < -0.3 is 44.5 Å². The van der Waals surface area contributed by atoms with Crippen LogP contribution in [0.2, 0.25) is 0 Å². The van der Waals surface area contributed by atoms with E-state index >= 15 is 0 Å². The molecule has 0 bridgehead atoms. The summed E-state index contributed by atoms with van der Waals surface area (Å²) in [4.78, 5) is 35.0. The lowest BCUT2D eigenvalue weighted by molar-refractivity contribution is -0.278. The first kappa shape index (κ1) is 25.4. The number of carbonyl (C=O) groups excluding carboxylic acids is 2. The Labute approximate surface area is 204 Å². The summed E-state index contributed by atoms with van der Waals surface area (Å²) in [5, 5.41) is 48.7. The number of benzene rings is 2. The number of carboxylic acid groups (broad SMARTS) is 1. The molecule has 0 unspecified atom stereocenters. The van der Waals surface area contributed by atoms with Crippen LogP contribution < -0.4 is 9.47 Å². The second-order valence-corrected chi connectivity index (χ2v) is 8.36. The molecule has 5 N–H and O–H groups in total. The number of aliphatic hydroxyl groups is 3. The predicted molar refractivity (Wildman–Crippen MR) is 118 cm³/mol. The summed E-state index contributed by atoms with van der Waals surface area (Å²) >= 11 is 0. The van der Waals surface area contributed by atoms with Crippen molar-refractivity contribution in [2.24, 2.45) is 0 Å². The number of hydrogen-bond donors (Lipinski definition) is 5. The van der Waals surface area contributed by atoms with E-state index in [1.165, 1.54) is 30.3 Å². The molecule has 2 aromatic rings. The van der Waals surface area contributed by atoms with E-state index in [2.05, 4.69) is 0 Å². The van der Waals surface area contributed by atoms with Crippen LogP contribution in [0, 0.1) is 0 Å². The fourth-order valence-corrected chi connectivity index (χ4v) is 3.92. The minimum absolute atomic E-state index is 0.0529. The highest BCUT2D eigenvalue weighted by Gasteiger charge is 2.45. The minimum atomic E-state index is -1.71. The topological polar surface area (TPSA) is 189 Å². The molecule has 0 radical (unpaired) electrons. The van der Waals surface area contributed by atoms with Crippen molar-refractivity contribution < 1.29 is 58.9 Å². The number of hydrogen-bond acceptors (Lipinski definition) is 11. The maximum Gasteiger partial charge on any atom is 0.317 e. The number of Topliss-reactive ketones (excluding diaryl/α,β-unsaturated/α-hetero) is 1. The smallest absolute Gasteiger partial charge is 0.317 e. The molecule has 0 aromatic heterocycles. The lowest BCUT2D eigenvalue weighted by Crippen LogP contribution is -2.60. The molecule has 0 spiro atoms. The van der Waals surface area contributed by atoms with E-state index in [1.54, 1.807) is 12.1 Å². The molecule has 2 heterocycles. The van der Waals surface area contributed by atoms with Gasteiger partial charge in [0.25, 0.3) is 0 Å². The maximum atomic E-state index is 13.0. The summed E-state index contributed by atoms with van der Waals surface area (Å²) in [6, 6.07) is 10.6. The summed E-state index contributed by atoms with van der Waals surface area (Å²) in [6.07, 6.45) is -8.73. The first-order valence-corrected chi connectivity index (χ1v) is 11.0. The van der Waals surface area contributed by atoms with E-state index < -0.39 is 61.6 Å². The molecular weight excluding hydrogens is 480 g/mol. The lowest BCUT2D eigenvalue weighted by Gasteiger charge is -2.40. The average molecular weight is 504 g/mol. The van der Waals surface area contributed by atoms with E-state index in [4.69, 9.17) is 24.1 Å². The van der Waals surface area contributed by atoms with Gasteiger partial charge in [-0.15, -0.1) is 0 Å². The molecule has 2 aliphatic rings. The number of aliphatic carboxylic acids is 1. The fraction of sp³-hybridized carbons (Fsp3) is 0.375. The molecule has 12 nitrogen and oxygen atoms in total. The zero-order valence-corrected chi connectivity index (χ0v) is 18.7. The van der Waals surface area contributed by atoms with Gasteiger partial charge in [0.15, 0.2) is 5.78 Å². The standard InChI is InChI=1S/C24H24O12/c25-12-3-1-11(2-4-12)15-9-33-16-7-13(5-6-14(16)20(15)29)35-24-23(32)22(31)21(30)17(36-24)10-34-19(28)8-18(26)27/h1-7,15,17,21-25,30-32H,8-10H2,(H,26,27)/t15-,17-,21-,22+,23-,24+/m1/s1. The molecule has 0 amide bonds. The number of carbonyl (C=O) groups is 3. The minimum Gasteiger partial charge on any atom is -0.508 e. The van der Waals surface area contributed by atoms with E-state index in [0.717, 1.165) is 0 Å². The number of esters is 1. The van der Waals surface area contributed by atoms with Crippen LogP contribution >= 0.6 is 0 Å². The lowest BCUT2D eigenvalue weighted by atomic mass is 9.89. The summed E-state index contributed by atoms with van der Waals surface area (Å²) in [5.74, 6) is -2.78. The molecule has 192 valence electrons. The summed E-state index contributed by atoms with van der Waals surface area (Å²) < 4.78 is 21.6. The molecule has 1 saturated heterocycles. The monoisotopic (exact) mass is 504 g/mol. The van der Waals surface area contributed by atoms with Gasteiger partial charge in [-0.1, -0.05) is 12.1 Å². The second-order valence-electron chi connectivity index (χ2n) is 8.36. The number of phenolic OH excluding ortho intramolecular Hbond substituents is 1. The molecule has 2 aliphatic heterocycles. The van der Waals surface area contributed by atoms with Crippen molar-refractivity contribution in [2.45, 2.75) is 43.0 Å². The molecule has 4 rings (SSSR count). The highest BCUT2D eigenvalue weighted by molar-refractivity contribution is 6.04. The number of phenols is 1. The molecule has 0 saturated carbocycles. The molecule has 12 heteroatoms. The van der Waals surface area contributed by atoms with Crippen LogP contribution in [0.25, 0.3) is 0 Å². The Kier molecular flexibility index (Phi) is 7.40. The van der Waals surface area contributed by atoms with Gasteiger partial charge in [0.1, 0.15) is 61.3 Å². The average Bonchev–Trinajstić information content (AvgIpc) is 2.84. The zero-order valence-electron chi connectivity index (χ0n) is 18.7. The molecule has 0 aliphatic carbocycles. The van der Waals surface area contributed by atoms with E-state index in [-0.39, 0.29) is 29.6 Å². The van der Waals surface area contributed by atoms with Gasteiger partial charge in [-0.05, 0) is 29.8 Å². The number of rotatable bonds is 7. The predicted octanol–water partition coefficient (Wildman–Crippen LogP) is -0.0446. The summed E-state index contributed by atoms with van der Waals surface area (Å²) in [5.41, 5.74) is 0.987. The van der Waals surface area contributed by atoms with Crippen LogP contribution in [-0.4, -0.2) is 87.2 Å². The highest BCUT2D eigenvalue weighted by Crippen LogP contribution is 2.36. The van der Waals surface area contributed by atoms with Crippen LogP contribution in [0.3, 0.4) is 0 Å². The van der Waals surface area contributed by atoms with Gasteiger partial charge >= 0.3 is 11.9 Å². The number of carboxylic acids is 1. The number of ketones is 1. The van der Waals surface area contributed by atoms with Gasteiger partial charge in [-0.2, -0.15) is 0 Å². The summed E-state index contributed by atoms with van der Waals surface area (Å²) in [7, 11) is 0. The van der Waals surface area contributed by atoms with Crippen molar-refractivity contribution in [1.82, 2.24) is 0 Å². The number of aromatic hydroxyl groups is 1. The van der Waals surface area contributed by atoms with Crippen molar-refractivity contribution in [1.29, 1.82) is 0 Å².